The standard InChI is InChI=1S/C14H20N6OS/c1-7(2)9-5-10(18-14(15)17-9)13(21)16-6-11-12(8(3)4)19-20-22-11/h5,7-8H,6H2,1-4H3,(H,16,21)(H2,15,17,18). The lowest BCUT2D eigenvalue weighted by Crippen LogP contribution is -2.25. The molecule has 2 heterocycles. The lowest BCUT2D eigenvalue weighted by molar-refractivity contribution is 0.0946. The number of nitrogen functional groups attached to an aromatic ring is 1. The number of carbonyl (C=O) groups is 1. The predicted molar refractivity (Wildman–Crippen MR) is 85.7 cm³/mol. The molecule has 2 rings (SSSR count). The molecule has 22 heavy (non-hydrogen) atoms. The van der Waals surface area contributed by atoms with Gasteiger partial charge in [-0.25, -0.2) is 9.97 Å². The van der Waals surface area contributed by atoms with Crippen LogP contribution in [-0.4, -0.2) is 25.5 Å². The fraction of sp³-hybridized carbons (Fsp3) is 0.500. The van der Waals surface area contributed by atoms with Crippen LogP contribution < -0.4 is 11.1 Å². The van der Waals surface area contributed by atoms with Crippen molar-refractivity contribution in [2.45, 2.75) is 46.1 Å². The Morgan fingerprint density at radius 3 is 2.64 bits per heavy atom. The zero-order chi connectivity index (χ0) is 16.3. The molecule has 1 amide bonds. The molecule has 2 aromatic rings. The minimum atomic E-state index is -0.279. The van der Waals surface area contributed by atoms with Gasteiger partial charge in [0.2, 0.25) is 5.95 Å². The second-order valence-electron chi connectivity index (χ2n) is 5.61. The highest BCUT2D eigenvalue weighted by atomic mass is 32.1. The molecule has 0 spiro atoms. The maximum atomic E-state index is 12.3. The molecule has 8 heteroatoms. The van der Waals surface area contributed by atoms with Crippen molar-refractivity contribution in [1.29, 1.82) is 0 Å². The topological polar surface area (TPSA) is 107 Å². The van der Waals surface area contributed by atoms with Gasteiger partial charge in [0.05, 0.1) is 17.1 Å². The van der Waals surface area contributed by atoms with Crippen LogP contribution in [0.2, 0.25) is 0 Å². The Morgan fingerprint density at radius 2 is 2.00 bits per heavy atom. The molecule has 118 valence electrons. The van der Waals surface area contributed by atoms with E-state index in [4.69, 9.17) is 5.73 Å². The highest BCUT2D eigenvalue weighted by Gasteiger charge is 2.15. The Hall–Kier alpha value is -2.09. The molecule has 0 aliphatic rings. The van der Waals surface area contributed by atoms with Crippen molar-refractivity contribution in [2.75, 3.05) is 5.73 Å². The van der Waals surface area contributed by atoms with E-state index in [1.165, 1.54) is 11.5 Å². The van der Waals surface area contributed by atoms with E-state index in [0.29, 0.717) is 6.54 Å². The van der Waals surface area contributed by atoms with Crippen LogP contribution in [0.3, 0.4) is 0 Å². The maximum absolute atomic E-state index is 12.3. The van der Waals surface area contributed by atoms with E-state index in [9.17, 15) is 4.79 Å². The van der Waals surface area contributed by atoms with E-state index in [2.05, 4.69) is 24.9 Å². The molecule has 2 aromatic heterocycles. The molecule has 0 bridgehead atoms. The number of anilines is 1. The minimum absolute atomic E-state index is 0.110. The average Bonchev–Trinajstić information content (AvgIpc) is 2.92. The fourth-order valence-electron chi connectivity index (χ4n) is 1.92. The van der Waals surface area contributed by atoms with Crippen molar-refractivity contribution < 1.29 is 4.79 Å². The Kier molecular flexibility index (Phi) is 5.02. The van der Waals surface area contributed by atoms with Crippen LogP contribution in [0.4, 0.5) is 5.95 Å². The summed E-state index contributed by atoms with van der Waals surface area (Å²) >= 11 is 1.29. The fourth-order valence-corrected chi connectivity index (χ4v) is 2.66. The number of amides is 1. The molecule has 0 radical (unpaired) electrons. The van der Waals surface area contributed by atoms with E-state index in [-0.39, 0.29) is 29.4 Å². The summed E-state index contributed by atoms with van der Waals surface area (Å²) in [5.74, 6) is 0.278. The van der Waals surface area contributed by atoms with Crippen LogP contribution >= 0.6 is 11.5 Å². The van der Waals surface area contributed by atoms with Crippen LogP contribution in [0.25, 0.3) is 0 Å². The highest BCUT2D eigenvalue weighted by molar-refractivity contribution is 7.05. The molecule has 0 aliphatic heterocycles. The van der Waals surface area contributed by atoms with Gasteiger partial charge in [-0.3, -0.25) is 4.79 Å². The number of aromatic nitrogens is 4. The number of hydrogen-bond acceptors (Lipinski definition) is 7. The van der Waals surface area contributed by atoms with Gasteiger partial charge in [-0.15, -0.1) is 5.10 Å². The number of hydrogen-bond donors (Lipinski definition) is 2. The molecule has 0 atom stereocenters. The van der Waals surface area contributed by atoms with Crippen molar-refractivity contribution in [3.8, 4) is 0 Å². The van der Waals surface area contributed by atoms with E-state index in [0.717, 1.165) is 16.3 Å². The number of nitrogens with two attached hydrogens (primary N) is 1. The maximum Gasteiger partial charge on any atom is 0.270 e. The molecule has 0 aromatic carbocycles. The summed E-state index contributed by atoms with van der Waals surface area (Å²) in [5, 5.41) is 6.93. The number of nitrogens with zero attached hydrogens (tertiary/aromatic N) is 4. The Morgan fingerprint density at radius 1 is 1.27 bits per heavy atom. The van der Waals surface area contributed by atoms with Crippen LogP contribution in [0.5, 0.6) is 0 Å². The molecule has 0 fully saturated rings. The van der Waals surface area contributed by atoms with Gasteiger partial charge in [-0.2, -0.15) is 0 Å². The van der Waals surface area contributed by atoms with Crippen LogP contribution in [0, 0.1) is 0 Å². The summed E-state index contributed by atoms with van der Waals surface area (Å²) in [6.45, 7) is 8.44. The molecule has 0 saturated carbocycles. The largest absolute Gasteiger partial charge is 0.368 e. The average molecular weight is 320 g/mol. The van der Waals surface area contributed by atoms with Gasteiger partial charge >= 0.3 is 0 Å². The third kappa shape index (κ3) is 3.76. The molecule has 0 saturated heterocycles. The Labute approximate surface area is 133 Å². The smallest absolute Gasteiger partial charge is 0.270 e. The van der Waals surface area contributed by atoms with Crippen molar-refractivity contribution in [1.82, 2.24) is 24.9 Å². The van der Waals surface area contributed by atoms with Crippen molar-refractivity contribution in [3.05, 3.63) is 28.0 Å². The van der Waals surface area contributed by atoms with Crippen LogP contribution in [0.1, 0.15) is 66.3 Å². The molecule has 0 unspecified atom stereocenters. The lowest BCUT2D eigenvalue weighted by Gasteiger charge is -2.09. The first-order valence-corrected chi connectivity index (χ1v) is 7.89. The third-order valence-electron chi connectivity index (χ3n) is 3.13. The molecular weight excluding hydrogens is 300 g/mol. The number of carbonyl (C=O) groups excluding carboxylic acids is 1. The zero-order valence-electron chi connectivity index (χ0n) is 13.1. The lowest BCUT2D eigenvalue weighted by atomic mass is 10.1. The first-order valence-electron chi connectivity index (χ1n) is 7.12. The summed E-state index contributed by atoms with van der Waals surface area (Å²) in [7, 11) is 0. The first-order chi connectivity index (χ1) is 10.4. The molecule has 0 aliphatic carbocycles. The second kappa shape index (κ2) is 6.78. The van der Waals surface area contributed by atoms with E-state index in [1.807, 2.05) is 27.7 Å². The molecule has 3 N–H and O–H groups in total. The quantitative estimate of drug-likeness (QED) is 0.873. The SMILES string of the molecule is CC(C)c1cc(C(=O)NCc2snnc2C(C)C)nc(N)n1. The van der Waals surface area contributed by atoms with Crippen molar-refractivity contribution in [2.24, 2.45) is 0 Å². The van der Waals surface area contributed by atoms with Gasteiger partial charge in [-0.05, 0) is 29.4 Å². The zero-order valence-corrected chi connectivity index (χ0v) is 13.9. The molecular formula is C14H20N6OS. The third-order valence-corrected chi connectivity index (χ3v) is 3.87. The Bertz CT molecular complexity index is 667. The first kappa shape index (κ1) is 16.3. The molecule has 7 nitrogen and oxygen atoms in total. The van der Waals surface area contributed by atoms with E-state index < -0.39 is 0 Å². The number of nitrogens with one attached hydrogen (secondary N) is 1. The van der Waals surface area contributed by atoms with Gasteiger partial charge in [0.1, 0.15) is 5.69 Å². The summed E-state index contributed by atoms with van der Waals surface area (Å²) in [4.78, 5) is 21.3. The van der Waals surface area contributed by atoms with Crippen molar-refractivity contribution >= 4 is 23.4 Å². The monoisotopic (exact) mass is 320 g/mol. The summed E-state index contributed by atoms with van der Waals surface area (Å²) in [6, 6.07) is 1.67. The van der Waals surface area contributed by atoms with Gasteiger partial charge in [0.25, 0.3) is 5.91 Å². The van der Waals surface area contributed by atoms with Crippen LogP contribution in [-0.2, 0) is 6.54 Å². The van der Waals surface area contributed by atoms with E-state index >= 15 is 0 Å². The summed E-state index contributed by atoms with van der Waals surface area (Å²) in [6.07, 6.45) is 0. The van der Waals surface area contributed by atoms with Gasteiger partial charge in [0.15, 0.2) is 0 Å². The van der Waals surface area contributed by atoms with Crippen molar-refractivity contribution in [3.63, 3.8) is 0 Å². The Balaban J connectivity index is 2.11. The van der Waals surface area contributed by atoms with Crippen LogP contribution in [0.15, 0.2) is 6.07 Å². The summed E-state index contributed by atoms with van der Waals surface area (Å²) < 4.78 is 3.94. The minimum Gasteiger partial charge on any atom is -0.368 e. The number of rotatable bonds is 5. The van der Waals surface area contributed by atoms with Gasteiger partial charge < -0.3 is 11.1 Å². The van der Waals surface area contributed by atoms with Gasteiger partial charge in [0, 0.05) is 5.69 Å². The highest BCUT2D eigenvalue weighted by Crippen LogP contribution is 2.19. The second-order valence-corrected chi connectivity index (χ2v) is 6.45. The van der Waals surface area contributed by atoms with E-state index in [1.54, 1.807) is 6.07 Å². The normalized spacial score (nSPS) is 11.2. The predicted octanol–water partition coefficient (Wildman–Crippen LogP) is 2.09. The summed E-state index contributed by atoms with van der Waals surface area (Å²) in [5.41, 5.74) is 7.61. The van der Waals surface area contributed by atoms with Gasteiger partial charge in [-0.1, -0.05) is 32.2 Å².